The van der Waals surface area contributed by atoms with Crippen LogP contribution < -0.4 is 10.1 Å². The van der Waals surface area contributed by atoms with Crippen molar-refractivity contribution in [2.24, 2.45) is 0 Å². The predicted molar refractivity (Wildman–Crippen MR) is 55.8 cm³/mol. The van der Waals surface area contributed by atoms with E-state index in [-0.39, 0.29) is 12.0 Å². The minimum absolute atomic E-state index is 0.0479. The summed E-state index contributed by atoms with van der Waals surface area (Å²) in [5.74, 6) is 0.0479. The second-order valence-electron chi connectivity index (χ2n) is 3.95. The standard InChI is InChI=1S/C11H13F3N2O/c12-11(13,14)8-1-6-16-10(7-8)17-9-2-4-15-5-3-9/h1,6-7,9,15H,2-5H2. The first-order chi connectivity index (χ1) is 8.05. The highest BCUT2D eigenvalue weighted by Gasteiger charge is 2.31. The van der Waals surface area contributed by atoms with E-state index in [0.717, 1.165) is 44.3 Å². The van der Waals surface area contributed by atoms with E-state index in [9.17, 15) is 13.2 Å². The average Bonchev–Trinajstić information content (AvgIpc) is 2.29. The van der Waals surface area contributed by atoms with Crippen LogP contribution >= 0.6 is 0 Å². The zero-order chi connectivity index (χ0) is 12.3. The Morgan fingerprint density at radius 3 is 2.65 bits per heavy atom. The highest BCUT2D eigenvalue weighted by molar-refractivity contribution is 5.23. The zero-order valence-corrected chi connectivity index (χ0v) is 9.13. The first-order valence-electron chi connectivity index (χ1n) is 5.46. The molecule has 0 atom stereocenters. The van der Waals surface area contributed by atoms with Crippen LogP contribution in [0.3, 0.4) is 0 Å². The monoisotopic (exact) mass is 246 g/mol. The van der Waals surface area contributed by atoms with Gasteiger partial charge in [0.2, 0.25) is 5.88 Å². The van der Waals surface area contributed by atoms with E-state index >= 15 is 0 Å². The quantitative estimate of drug-likeness (QED) is 0.868. The molecule has 1 aromatic heterocycles. The van der Waals surface area contributed by atoms with E-state index in [0.29, 0.717) is 0 Å². The van der Waals surface area contributed by atoms with Gasteiger partial charge in [0.15, 0.2) is 0 Å². The molecule has 2 rings (SSSR count). The second-order valence-corrected chi connectivity index (χ2v) is 3.95. The number of ether oxygens (including phenoxy) is 1. The molecule has 1 aromatic rings. The molecule has 1 N–H and O–H groups in total. The van der Waals surface area contributed by atoms with Gasteiger partial charge in [0, 0.05) is 12.3 Å². The lowest BCUT2D eigenvalue weighted by molar-refractivity contribution is -0.137. The lowest BCUT2D eigenvalue weighted by Crippen LogP contribution is -2.34. The van der Waals surface area contributed by atoms with Gasteiger partial charge in [-0.2, -0.15) is 13.2 Å². The number of piperidine rings is 1. The van der Waals surface area contributed by atoms with Crippen LogP contribution in [-0.2, 0) is 6.18 Å². The van der Waals surface area contributed by atoms with Gasteiger partial charge in [-0.1, -0.05) is 0 Å². The molecular formula is C11H13F3N2O. The van der Waals surface area contributed by atoms with E-state index in [1.165, 1.54) is 0 Å². The lowest BCUT2D eigenvalue weighted by Gasteiger charge is -2.23. The van der Waals surface area contributed by atoms with Crippen LogP contribution in [0.1, 0.15) is 18.4 Å². The van der Waals surface area contributed by atoms with Gasteiger partial charge in [0.25, 0.3) is 0 Å². The van der Waals surface area contributed by atoms with Crippen LogP contribution in [-0.4, -0.2) is 24.2 Å². The number of halogens is 3. The van der Waals surface area contributed by atoms with Crippen molar-refractivity contribution in [3.8, 4) is 5.88 Å². The van der Waals surface area contributed by atoms with Crippen molar-refractivity contribution in [1.29, 1.82) is 0 Å². The Balaban J connectivity index is 2.05. The molecule has 1 saturated heterocycles. The average molecular weight is 246 g/mol. The Kier molecular flexibility index (Phi) is 3.51. The fourth-order valence-electron chi connectivity index (χ4n) is 1.73. The van der Waals surface area contributed by atoms with Crippen LogP contribution in [0.15, 0.2) is 18.3 Å². The van der Waals surface area contributed by atoms with Crippen molar-refractivity contribution in [3.63, 3.8) is 0 Å². The van der Waals surface area contributed by atoms with Gasteiger partial charge >= 0.3 is 6.18 Å². The van der Waals surface area contributed by atoms with Gasteiger partial charge in [-0.05, 0) is 32.0 Å². The summed E-state index contributed by atoms with van der Waals surface area (Å²) >= 11 is 0. The van der Waals surface area contributed by atoms with Crippen LogP contribution in [0.4, 0.5) is 13.2 Å². The Morgan fingerprint density at radius 2 is 2.00 bits per heavy atom. The molecule has 2 heterocycles. The van der Waals surface area contributed by atoms with Crippen molar-refractivity contribution in [3.05, 3.63) is 23.9 Å². The first-order valence-corrected chi connectivity index (χ1v) is 5.46. The van der Waals surface area contributed by atoms with Gasteiger partial charge in [0.05, 0.1) is 5.56 Å². The molecule has 6 heteroatoms. The van der Waals surface area contributed by atoms with Crippen molar-refractivity contribution in [2.75, 3.05) is 13.1 Å². The Labute approximate surface area is 97.0 Å². The van der Waals surface area contributed by atoms with E-state index in [1.807, 2.05) is 0 Å². The number of alkyl halides is 3. The van der Waals surface area contributed by atoms with Crippen molar-refractivity contribution >= 4 is 0 Å². The second kappa shape index (κ2) is 4.91. The van der Waals surface area contributed by atoms with Crippen molar-refractivity contribution < 1.29 is 17.9 Å². The Hall–Kier alpha value is -1.30. The maximum Gasteiger partial charge on any atom is 0.416 e. The van der Waals surface area contributed by atoms with Crippen LogP contribution in [0.25, 0.3) is 0 Å². The van der Waals surface area contributed by atoms with Crippen LogP contribution in [0.2, 0.25) is 0 Å². The summed E-state index contributed by atoms with van der Waals surface area (Å²) in [6.45, 7) is 1.65. The molecule has 0 aliphatic carbocycles. The molecule has 0 radical (unpaired) electrons. The third-order valence-corrected chi connectivity index (χ3v) is 2.64. The van der Waals surface area contributed by atoms with E-state index in [1.54, 1.807) is 0 Å². The Morgan fingerprint density at radius 1 is 1.29 bits per heavy atom. The summed E-state index contributed by atoms with van der Waals surface area (Å²) in [6, 6.07) is 1.89. The minimum Gasteiger partial charge on any atom is -0.474 e. The summed E-state index contributed by atoms with van der Waals surface area (Å²) in [6.07, 6.45) is -1.70. The van der Waals surface area contributed by atoms with Gasteiger partial charge in [-0.25, -0.2) is 4.98 Å². The minimum atomic E-state index is -4.35. The fourth-order valence-corrected chi connectivity index (χ4v) is 1.73. The number of rotatable bonds is 2. The molecule has 0 saturated carbocycles. The highest BCUT2D eigenvalue weighted by Crippen LogP contribution is 2.30. The summed E-state index contributed by atoms with van der Waals surface area (Å²) < 4.78 is 42.8. The molecule has 0 aromatic carbocycles. The normalized spacial score (nSPS) is 18.1. The van der Waals surface area contributed by atoms with E-state index < -0.39 is 11.7 Å². The topological polar surface area (TPSA) is 34.1 Å². The first kappa shape index (κ1) is 12.2. The molecule has 94 valence electrons. The number of hydrogen-bond acceptors (Lipinski definition) is 3. The SMILES string of the molecule is FC(F)(F)c1ccnc(OC2CCNCC2)c1. The molecular weight excluding hydrogens is 233 g/mol. The highest BCUT2D eigenvalue weighted by atomic mass is 19.4. The number of pyridine rings is 1. The van der Waals surface area contributed by atoms with Crippen LogP contribution in [0.5, 0.6) is 5.88 Å². The van der Waals surface area contributed by atoms with E-state index in [4.69, 9.17) is 4.74 Å². The molecule has 0 amide bonds. The van der Waals surface area contributed by atoms with Crippen molar-refractivity contribution in [1.82, 2.24) is 10.3 Å². The van der Waals surface area contributed by atoms with Gasteiger partial charge in [0.1, 0.15) is 6.10 Å². The van der Waals surface area contributed by atoms with Gasteiger partial charge in [-0.3, -0.25) is 0 Å². The summed E-state index contributed by atoms with van der Waals surface area (Å²) in [4.78, 5) is 3.80. The third kappa shape index (κ3) is 3.33. The maximum atomic E-state index is 12.5. The molecule has 0 bridgehead atoms. The lowest BCUT2D eigenvalue weighted by atomic mass is 10.1. The third-order valence-electron chi connectivity index (χ3n) is 2.64. The zero-order valence-electron chi connectivity index (χ0n) is 9.13. The summed E-state index contributed by atoms with van der Waals surface area (Å²) in [5.41, 5.74) is -0.726. The van der Waals surface area contributed by atoms with E-state index in [2.05, 4.69) is 10.3 Å². The molecule has 0 spiro atoms. The molecule has 1 fully saturated rings. The van der Waals surface area contributed by atoms with Crippen LogP contribution in [0, 0.1) is 0 Å². The molecule has 1 aliphatic heterocycles. The maximum absolute atomic E-state index is 12.5. The summed E-state index contributed by atoms with van der Waals surface area (Å²) in [5, 5.41) is 3.16. The number of nitrogens with one attached hydrogen (secondary N) is 1. The largest absolute Gasteiger partial charge is 0.474 e. The van der Waals surface area contributed by atoms with Gasteiger partial charge in [-0.15, -0.1) is 0 Å². The molecule has 17 heavy (non-hydrogen) atoms. The number of hydrogen-bond donors (Lipinski definition) is 1. The fraction of sp³-hybridized carbons (Fsp3) is 0.545. The summed E-state index contributed by atoms with van der Waals surface area (Å²) in [7, 11) is 0. The molecule has 1 aliphatic rings. The smallest absolute Gasteiger partial charge is 0.416 e. The molecule has 0 unspecified atom stereocenters. The predicted octanol–water partition coefficient (Wildman–Crippen LogP) is 2.23. The Bertz CT molecular complexity index is 375. The number of nitrogens with zero attached hydrogens (tertiary/aromatic N) is 1. The number of aromatic nitrogens is 1. The van der Waals surface area contributed by atoms with Crippen molar-refractivity contribution in [2.45, 2.75) is 25.1 Å². The van der Waals surface area contributed by atoms with Gasteiger partial charge < -0.3 is 10.1 Å². The molecule has 3 nitrogen and oxygen atoms in total.